The predicted molar refractivity (Wildman–Crippen MR) is 78.3 cm³/mol. The van der Waals surface area contributed by atoms with Gasteiger partial charge in [0.15, 0.2) is 0 Å². The summed E-state index contributed by atoms with van der Waals surface area (Å²) in [5.74, 6) is 1.51. The number of benzene rings is 2. The van der Waals surface area contributed by atoms with E-state index in [2.05, 4.69) is 15.9 Å². The summed E-state index contributed by atoms with van der Waals surface area (Å²) >= 11 is 9.52. The fourth-order valence-corrected chi connectivity index (χ4v) is 2.16. The Hall–Kier alpha value is -1.03. The zero-order valence-electron chi connectivity index (χ0n) is 9.91. The highest BCUT2D eigenvalue weighted by atomic mass is 79.9. The Labute approximate surface area is 120 Å². The lowest BCUT2D eigenvalue weighted by atomic mass is 10.2. The first-order valence-corrected chi connectivity index (χ1v) is 6.70. The highest BCUT2D eigenvalue weighted by Crippen LogP contribution is 2.30. The second kappa shape index (κ2) is 5.74. The number of ether oxygens (including phenoxy) is 1. The Kier molecular flexibility index (Phi) is 4.27. The number of hydrogen-bond acceptors (Lipinski definition) is 2. The molecule has 0 aromatic heterocycles. The van der Waals surface area contributed by atoms with Crippen LogP contribution in [0.25, 0.3) is 0 Å². The molecule has 2 rings (SSSR count). The number of hydrogen-bond donors (Lipinski definition) is 1. The van der Waals surface area contributed by atoms with Crippen LogP contribution >= 0.6 is 27.5 Å². The van der Waals surface area contributed by atoms with E-state index in [1.807, 2.05) is 37.3 Å². The molecule has 0 aliphatic rings. The van der Waals surface area contributed by atoms with E-state index in [4.69, 9.17) is 22.1 Å². The van der Waals surface area contributed by atoms with Crippen molar-refractivity contribution in [2.24, 2.45) is 5.73 Å². The first-order valence-electron chi connectivity index (χ1n) is 5.52. The molecular weight excluding hydrogens is 314 g/mol. The van der Waals surface area contributed by atoms with Crippen LogP contribution in [0.15, 0.2) is 40.9 Å². The normalized spacial score (nSPS) is 10.4. The highest BCUT2D eigenvalue weighted by molar-refractivity contribution is 9.10. The molecule has 0 amide bonds. The lowest BCUT2D eigenvalue weighted by Gasteiger charge is -2.10. The van der Waals surface area contributed by atoms with Crippen LogP contribution < -0.4 is 10.5 Å². The van der Waals surface area contributed by atoms with Crippen molar-refractivity contribution in [2.45, 2.75) is 13.5 Å². The summed E-state index contributed by atoms with van der Waals surface area (Å²) in [5, 5.41) is 0.627. The third-order valence-electron chi connectivity index (χ3n) is 2.62. The van der Waals surface area contributed by atoms with Gasteiger partial charge in [0.1, 0.15) is 11.5 Å². The lowest BCUT2D eigenvalue weighted by molar-refractivity contribution is 0.478. The molecule has 0 saturated heterocycles. The van der Waals surface area contributed by atoms with Gasteiger partial charge in [0, 0.05) is 16.0 Å². The predicted octanol–water partition coefficient (Wildman–Crippen LogP) is 4.66. The molecule has 0 atom stereocenters. The Morgan fingerprint density at radius 2 is 2.00 bits per heavy atom. The molecule has 0 aliphatic heterocycles. The van der Waals surface area contributed by atoms with E-state index < -0.39 is 0 Å². The Balaban J connectivity index is 2.28. The minimum absolute atomic E-state index is 0.426. The average molecular weight is 327 g/mol. The van der Waals surface area contributed by atoms with Crippen LogP contribution in [0.3, 0.4) is 0 Å². The van der Waals surface area contributed by atoms with Crippen molar-refractivity contribution >= 4 is 27.5 Å². The molecule has 0 aliphatic carbocycles. The zero-order chi connectivity index (χ0) is 13.1. The van der Waals surface area contributed by atoms with Crippen LogP contribution in [-0.2, 0) is 6.54 Å². The molecule has 0 heterocycles. The molecule has 2 N–H and O–H groups in total. The van der Waals surface area contributed by atoms with Gasteiger partial charge in [0.05, 0.1) is 0 Å². The first kappa shape index (κ1) is 13.4. The molecule has 0 saturated carbocycles. The van der Waals surface area contributed by atoms with Gasteiger partial charge in [-0.25, -0.2) is 0 Å². The van der Waals surface area contributed by atoms with Crippen molar-refractivity contribution in [1.29, 1.82) is 0 Å². The highest BCUT2D eigenvalue weighted by Gasteiger charge is 2.05. The fraction of sp³-hybridized carbons (Fsp3) is 0.143. The second-order valence-electron chi connectivity index (χ2n) is 3.97. The monoisotopic (exact) mass is 325 g/mol. The minimum atomic E-state index is 0.426. The summed E-state index contributed by atoms with van der Waals surface area (Å²) in [7, 11) is 0. The second-order valence-corrected chi connectivity index (χ2v) is 5.29. The third-order valence-corrected chi connectivity index (χ3v) is 3.47. The van der Waals surface area contributed by atoms with Crippen molar-refractivity contribution in [2.75, 3.05) is 0 Å². The average Bonchev–Trinajstić information content (AvgIpc) is 2.34. The molecule has 4 heteroatoms. The van der Waals surface area contributed by atoms with E-state index in [0.717, 1.165) is 21.3 Å². The number of rotatable bonds is 3. The van der Waals surface area contributed by atoms with Crippen molar-refractivity contribution in [1.82, 2.24) is 0 Å². The maximum absolute atomic E-state index is 6.10. The minimum Gasteiger partial charge on any atom is -0.457 e. The van der Waals surface area contributed by atoms with E-state index in [9.17, 15) is 0 Å². The Morgan fingerprint density at radius 1 is 1.22 bits per heavy atom. The van der Waals surface area contributed by atoms with Gasteiger partial charge in [-0.05, 0) is 42.3 Å². The molecule has 0 spiro atoms. The fourth-order valence-electron chi connectivity index (χ4n) is 1.57. The van der Waals surface area contributed by atoms with Crippen molar-refractivity contribution in [3.05, 3.63) is 57.0 Å². The van der Waals surface area contributed by atoms with Gasteiger partial charge in [-0.15, -0.1) is 0 Å². The van der Waals surface area contributed by atoms with Crippen LogP contribution in [0, 0.1) is 6.92 Å². The molecule has 2 aromatic carbocycles. The summed E-state index contributed by atoms with van der Waals surface area (Å²) in [6.45, 7) is 2.42. The molecule has 18 heavy (non-hydrogen) atoms. The Bertz CT molecular complexity index is 572. The summed E-state index contributed by atoms with van der Waals surface area (Å²) in [6, 6.07) is 11.4. The zero-order valence-corrected chi connectivity index (χ0v) is 12.3. The van der Waals surface area contributed by atoms with Crippen molar-refractivity contribution < 1.29 is 4.74 Å². The third kappa shape index (κ3) is 3.05. The molecular formula is C14H13BrClNO. The first-order chi connectivity index (χ1) is 8.60. The topological polar surface area (TPSA) is 35.2 Å². The number of nitrogens with two attached hydrogens (primary N) is 1. The summed E-state index contributed by atoms with van der Waals surface area (Å²) in [6.07, 6.45) is 0. The van der Waals surface area contributed by atoms with Gasteiger partial charge in [-0.3, -0.25) is 0 Å². The van der Waals surface area contributed by atoms with Crippen molar-refractivity contribution in [3.8, 4) is 11.5 Å². The molecule has 2 nitrogen and oxygen atoms in total. The maximum Gasteiger partial charge on any atom is 0.131 e. The van der Waals surface area contributed by atoms with Crippen LogP contribution in [0.1, 0.15) is 11.1 Å². The molecule has 0 fully saturated rings. The van der Waals surface area contributed by atoms with E-state index in [1.54, 1.807) is 6.07 Å². The standard InChI is InChI=1S/C14H13BrClNO/c1-9-2-4-11(15)6-14(9)18-12-5-3-10(8-17)13(16)7-12/h2-7H,8,17H2,1H3. The van der Waals surface area contributed by atoms with Gasteiger partial charge >= 0.3 is 0 Å². The van der Waals surface area contributed by atoms with E-state index in [0.29, 0.717) is 17.3 Å². The van der Waals surface area contributed by atoms with Gasteiger partial charge < -0.3 is 10.5 Å². The molecule has 2 aromatic rings. The van der Waals surface area contributed by atoms with Gasteiger partial charge in [0.25, 0.3) is 0 Å². The van der Waals surface area contributed by atoms with Crippen LogP contribution in [-0.4, -0.2) is 0 Å². The van der Waals surface area contributed by atoms with Gasteiger partial charge in [0.2, 0.25) is 0 Å². The lowest BCUT2D eigenvalue weighted by Crippen LogP contribution is -1.97. The summed E-state index contributed by atoms with van der Waals surface area (Å²) < 4.78 is 6.79. The summed E-state index contributed by atoms with van der Waals surface area (Å²) in [4.78, 5) is 0. The Morgan fingerprint density at radius 3 is 2.67 bits per heavy atom. The molecule has 0 radical (unpaired) electrons. The van der Waals surface area contributed by atoms with Gasteiger partial charge in [-0.2, -0.15) is 0 Å². The smallest absolute Gasteiger partial charge is 0.131 e. The maximum atomic E-state index is 6.10. The summed E-state index contributed by atoms with van der Waals surface area (Å²) in [5.41, 5.74) is 7.54. The number of halogens is 2. The van der Waals surface area contributed by atoms with Crippen LogP contribution in [0.2, 0.25) is 5.02 Å². The van der Waals surface area contributed by atoms with E-state index >= 15 is 0 Å². The molecule has 0 unspecified atom stereocenters. The quantitative estimate of drug-likeness (QED) is 0.890. The van der Waals surface area contributed by atoms with E-state index in [-0.39, 0.29) is 0 Å². The van der Waals surface area contributed by atoms with Crippen LogP contribution in [0.5, 0.6) is 11.5 Å². The SMILES string of the molecule is Cc1ccc(Br)cc1Oc1ccc(CN)c(Cl)c1. The van der Waals surface area contributed by atoms with E-state index in [1.165, 1.54) is 0 Å². The largest absolute Gasteiger partial charge is 0.457 e. The van der Waals surface area contributed by atoms with Crippen molar-refractivity contribution in [3.63, 3.8) is 0 Å². The van der Waals surface area contributed by atoms with Gasteiger partial charge in [-0.1, -0.05) is 39.7 Å². The number of aryl methyl sites for hydroxylation is 1. The van der Waals surface area contributed by atoms with Crippen LogP contribution in [0.4, 0.5) is 0 Å². The molecule has 94 valence electrons. The molecule has 0 bridgehead atoms.